The van der Waals surface area contributed by atoms with Crippen LogP contribution in [0.5, 0.6) is 5.75 Å². The van der Waals surface area contributed by atoms with Crippen molar-refractivity contribution >= 4 is 5.91 Å². The van der Waals surface area contributed by atoms with Crippen LogP contribution in [0.25, 0.3) is 0 Å². The number of benzene rings is 1. The molecule has 2 N–H and O–H groups in total. The number of nitrogens with one attached hydrogen (secondary N) is 2. The van der Waals surface area contributed by atoms with Gasteiger partial charge in [-0.05, 0) is 25.5 Å². The number of methoxy groups -OCH3 is 1. The summed E-state index contributed by atoms with van der Waals surface area (Å²) in [6.07, 6.45) is 2.56. The SMILES string of the molecule is COc1ccccc1CC(=O)NC1CCCNC1. The van der Waals surface area contributed by atoms with Crippen LogP contribution in [-0.4, -0.2) is 32.1 Å². The second kappa shape index (κ2) is 6.40. The predicted molar refractivity (Wildman–Crippen MR) is 70.7 cm³/mol. The maximum atomic E-state index is 12.0. The molecule has 1 fully saturated rings. The number of piperidine rings is 1. The molecule has 0 saturated carbocycles. The highest BCUT2D eigenvalue weighted by Crippen LogP contribution is 2.17. The van der Waals surface area contributed by atoms with Crippen LogP contribution in [0.1, 0.15) is 18.4 Å². The summed E-state index contributed by atoms with van der Waals surface area (Å²) in [5.41, 5.74) is 0.932. The fourth-order valence-corrected chi connectivity index (χ4v) is 2.28. The third-order valence-corrected chi connectivity index (χ3v) is 3.21. The Morgan fingerprint density at radius 1 is 1.50 bits per heavy atom. The van der Waals surface area contributed by atoms with E-state index in [1.54, 1.807) is 7.11 Å². The molecule has 4 nitrogen and oxygen atoms in total. The van der Waals surface area contributed by atoms with Crippen molar-refractivity contribution in [1.29, 1.82) is 0 Å². The molecule has 0 spiro atoms. The van der Waals surface area contributed by atoms with E-state index in [1.807, 2.05) is 24.3 Å². The van der Waals surface area contributed by atoms with Crippen LogP contribution in [0, 0.1) is 0 Å². The zero-order valence-electron chi connectivity index (χ0n) is 10.7. The molecule has 1 unspecified atom stereocenters. The maximum Gasteiger partial charge on any atom is 0.224 e. The van der Waals surface area contributed by atoms with Gasteiger partial charge in [-0.15, -0.1) is 0 Å². The van der Waals surface area contributed by atoms with Gasteiger partial charge in [-0.1, -0.05) is 18.2 Å². The molecule has 1 aromatic rings. The summed E-state index contributed by atoms with van der Waals surface area (Å²) in [4.78, 5) is 12.0. The van der Waals surface area contributed by atoms with Gasteiger partial charge in [-0.25, -0.2) is 0 Å². The number of carbonyl (C=O) groups excluding carboxylic acids is 1. The van der Waals surface area contributed by atoms with Gasteiger partial charge < -0.3 is 15.4 Å². The molecule has 0 radical (unpaired) electrons. The van der Waals surface area contributed by atoms with E-state index in [-0.39, 0.29) is 11.9 Å². The predicted octanol–water partition coefficient (Wildman–Crippen LogP) is 1.11. The zero-order chi connectivity index (χ0) is 12.8. The Morgan fingerprint density at radius 2 is 2.33 bits per heavy atom. The van der Waals surface area contributed by atoms with Crippen LogP contribution in [0.15, 0.2) is 24.3 Å². The zero-order valence-corrected chi connectivity index (χ0v) is 10.7. The average molecular weight is 248 g/mol. The highest BCUT2D eigenvalue weighted by molar-refractivity contribution is 5.79. The van der Waals surface area contributed by atoms with E-state index in [4.69, 9.17) is 4.74 Å². The molecule has 1 amide bonds. The van der Waals surface area contributed by atoms with Gasteiger partial charge in [0.2, 0.25) is 5.91 Å². The first-order valence-electron chi connectivity index (χ1n) is 6.41. The Kier molecular flexibility index (Phi) is 4.59. The molecule has 2 rings (SSSR count). The molecule has 18 heavy (non-hydrogen) atoms. The summed E-state index contributed by atoms with van der Waals surface area (Å²) in [7, 11) is 1.63. The van der Waals surface area contributed by atoms with Gasteiger partial charge in [0.05, 0.1) is 13.5 Å². The van der Waals surface area contributed by atoms with E-state index in [0.717, 1.165) is 37.2 Å². The van der Waals surface area contributed by atoms with Crippen LogP contribution >= 0.6 is 0 Å². The van der Waals surface area contributed by atoms with Crippen molar-refractivity contribution in [3.8, 4) is 5.75 Å². The molecule has 1 saturated heterocycles. The number of hydrogen-bond acceptors (Lipinski definition) is 3. The molecule has 0 bridgehead atoms. The minimum absolute atomic E-state index is 0.0631. The molecular formula is C14H20N2O2. The first kappa shape index (κ1) is 12.9. The second-order valence-corrected chi connectivity index (χ2v) is 4.60. The van der Waals surface area contributed by atoms with Crippen LogP contribution < -0.4 is 15.4 Å². The van der Waals surface area contributed by atoms with Gasteiger partial charge in [-0.2, -0.15) is 0 Å². The van der Waals surface area contributed by atoms with Crippen molar-refractivity contribution in [2.75, 3.05) is 20.2 Å². The molecular weight excluding hydrogens is 228 g/mol. The van der Waals surface area contributed by atoms with Gasteiger partial charge in [-0.3, -0.25) is 4.79 Å². The lowest BCUT2D eigenvalue weighted by atomic mass is 10.1. The quantitative estimate of drug-likeness (QED) is 0.839. The number of ether oxygens (including phenoxy) is 1. The lowest BCUT2D eigenvalue weighted by Crippen LogP contribution is -2.46. The monoisotopic (exact) mass is 248 g/mol. The van der Waals surface area contributed by atoms with Crippen LogP contribution in [0.4, 0.5) is 0 Å². The van der Waals surface area contributed by atoms with E-state index < -0.39 is 0 Å². The van der Waals surface area contributed by atoms with Crippen molar-refractivity contribution in [2.24, 2.45) is 0 Å². The summed E-state index contributed by atoms with van der Waals surface area (Å²) in [6, 6.07) is 7.90. The van der Waals surface area contributed by atoms with Crippen LogP contribution in [-0.2, 0) is 11.2 Å². The summed E-state index contributed by atoms with van der Waals surface area (Å²) in [5.74, 6) is 0.836. The Hall–Kier alpha value is -1.55. The Balaban J connectivity index is 1.90. The number of rotatable bonds is 4. The van der Waals surface area contributed by atoms with Gasteiger partial charge in [0.25, 0.3) is 0 Å². The van der Waals surface area contributed by atoms with E-state index >= 15 is 0 Å². The topological polar surface area (TPSA) is 50.4 Å². The summed E-state index contributed by atoms with van der Waals surface area (Å²) < 4.78 is 5.24. The fraction of sp³-hybridized carbons (Fsp3) is 0.500. The standard InChI is InChI=1S/C14H20N2O2/c1-18-13-7-3-2-5-11(13)9-14(17)16-12-6-4-8-15-10-12/h2-3,5,7,12,15H,4,6,8-10H2,1H3,(H,16,17). The number of carbonyl (C=O) groups is 1. The van der Waals surface area contributed by atoms with Crippen molar-refractivity contribution in [2.45, 2.75) is 25.3 Å². The van der Waals surface area contributed by atoms with Crippen LogP contribution in [0.3, 0.4) is 0 Å². The third-order valence-electron chi connectivity index (χ3n) is 3.21. The van der Waals surface area contributed by atoms with Gasteiger partial charge in [0, 0.05) is 18.2 Å². The maximum absolute atomic E-state index is 12.0. The van der Waals surface area contributed by atoms with Gasteiger partial charge in [0.15, 0.2) is 0 Å². The Morgan fingerprint density at radius 3 is 3.06 bits per heavy atom. The molecule has 1 aromatic carbocycles. The van der Waals surface area contributed by atoms with Crippen LogP contribution in [0.2, 0.25) is 0 Å². The van der Waals surface area contributed by atoms with Crippen molar-refractivity contribution < 1.29 is 9.53 Å². The minimum atomic E-state index is 0.0631. The average Bonchev–Trinajstić information content (AvgIpc) is 2.40. The minimum Gasteiger partial charge on any atom is -0.496 e. The highest BCUT2D eigenvalue weighted by Gasteiger charge is 2.16. The van der Waals surface area contributed by atoms with E-state index in [2.05, 4.69) is 10.6 Å². The van der Waals surface area contributed by atoms with Crippen molar-refractivity contribution in [3.05, 3.63) is 29.8 Å². The summed E-state index contributed by atoms with van der Waals surface area (Å²) in [5, 5.41) is 6.35. The number of hydrogen-bond donors (Lipinski definition) is 2. The first-order chi connectivity index (χ1) is 8.79. The van der Waals surface area contributed by atoms with E-state index in [1.165, 1.54) is 0 Å². The molecule has 98 valence electrons. The first-order valence-corrected chi connectivity index (χ1v) is 6.41. The Bertz CT molecular complexity index is 401. The molecule has 1 aliphatic heterocycles. The number of para-hydroxylation sites is 1. The van der Waals surface area contributed by atoms with E-state index in [0.29, 0.717) is 6.42 Å². The van der Waals surface area contributed by atoms with Crippen molar-refractivity contribution in [3.63, 3.8) is 0 Å². The van der Waals surface area contributed by atoms with E-state index in [9.17, 15) is 4.79 Å². The van der Waals surface area contributed by atoms with Crippen molar-refractivity contribution in [1.82, 2.24) is 10.6 Å². The molecule has 0 aliphatic carbocycles. The normalized spacial score (nSPS) is 19.3. The molecule has 1 atom stereocenters. The smallest absolute Gasteiger partial charge is 0.224 e. The largest absolute Gasteiger partial charge is 0.496 e. The molecule has 1 aliphatic rings. The molecule has 0 aromatic heterocycles. The van der Waals surface area contributed by atoms with Gasteiger partial charge >= 0.3 is 0 Å². The lowest BCUT2D eigenvalue weighted by Gasteiger charge is -2.23. The lowest BCUT2D eigenvalue weighted by molar-refractivity contribution is -0.121. The Labute approximate surface area is 108 Å². The van der Waals surface area contributed by atoms with Gasteiger partial charge in [0.1, 0.15) is 5.75 Å². The third kappa shape index (κ3) is 3.47. The fourth-order valence-electron chi connectivity index (χ4n) is 2.28. The summed E-state index contributed by atoms with van der Waals surface area (Å²) in [6.45, 7) is 1.93. The molecule has 4 heteroatoms. The highest BCUT2D eigenvalue weighted by atomic mass is 16.5. The second-order valence-electron chi connectivity index (χ2n) is 4.60. The molecule has 1 heterocycles. The number of amides is 1. The summed E-state index contributed by atoms with van der Waals surface area (Å²) >= 11 is 0.